The number of nitrogens with one attached hydrogen (secondary N) is 1. The third-order valence-corrected chi connectivity index (χ3v) is 4.68. The molecule has 0 radical (unpaired) electrons. The van der Waals surface area contributed by atoms with Crippen molar-refractivity contribution < 1.29 is 9.47 Å². The minimum Gasteiger partial charge on any atom is -0.378 e. The molecule has 3 heteroatoms. The molecule has 2 fully saturated rings. The summed E-state index contributed by atoms with van der Waals surface area (Å²) in [5.74, 6) is 1.59. The molecule has 2 aliphatic rings. The molecule has 0 aromatic heterocycles. The van der Waals surface area contributed by atoms with Crippen molar-refractivity contribution in [3.63, 3.8) is 0 Å². The molecule has 106 valence electrons. The van der Waals surface area contributed by atoms with Crippen LogP contribution in [-0.4, -0.2) is 38.0 Å². The molecule has 0 aromatic carbocycles. The maximum Gasteiger partial charge on any atom is 0.0939 e. The Bertz CT molecular complexity index is 251. The van der Waals surface area contributed by atoms with Crippen molar-refractivity contribution in [1.82, 2.24) is 5.32 Å². The molecule has 3 nitrogen and oxygen atoms in total. The molecular weight excluding hydrogens is 226 g/mol. The van der Waals surface area contributed by atoms with Crippen LogP contribution in [0.2, 0.25) is 0 Å². The monoisotopic (exact) mass is 255 g/mol. The van der Waals surface area contributed by atoms with Crippen LogP contribution in [0.3, 0.4) is 0 Å². The predicted octanol–water partition coefficient (Wildman–Crippen LogP) is 2.60. The van der Waals surface area contributed by atoms with Gasteiger partial charge in [0.2, 0.25) is 0 Å². The van der Waals surface area contributed by atoms with Gasteiger partial charge >= 0.3 is 0 Å². The van der Waals surface area contributed by atoms with E-state index in [1.807, 2.05) is 0 Å². The number of rotatable bonds is 5. The Kier molecular flexibility index (Phi) is 5.05. The number of hydrogen-bond donors (Lipinski definition) is 1. The molecule has 2 saturated heterocycles. The Labute approximate surface area is 112 Å². The van der Waals surface area contributed by atoms with Crippen molar-refractivity contribution in [1.29, 1.82) is 0 Å². The van der Waals surface area contributed by atoms with Gasteiger partial charge in [0.05, 0.1) is 12.2 Å². The van der Waals surface area contributed by atoms with E-state index in [0.717, 1.165) is 44.6 Å². The zero-order valence-corrected chi connectivity index (χ0v) is 12.2. The van der Waals surface area contributed by atoms with Crippen molar-refractivity contribution in [3.05, 3.63) is 0 Å². The van der Waals surface area contributed by atoms with Crippen molar-refractivity contribution in [2.24, 2.45) is 11.8 Å². The molecule has 18 heavy (non-hydrogen) atoms. The molecule has 0 bridgehead atoms. The van der Waals surface area contributed by atoms with Gasteiger partial charge in [-0.1, -0.05) is 13.8 Å². The fourth-order valence-electron chi connectivity index (χ4n) is 3.60. The zero-order chi connectivity index (χ0) is 13.0. The second-order valence-electron chi connectivity index (χ2n) is 6.26. The van der Waals surface area contributed by atoms with E-state index in [4.69, 9.17) is 9.47 Å². The van der Waals surface area contributed by atoms with E-state index in [1.54, 1.807) is 0 Å². The van der Waals surface area contributed by atoms with Crippen molar-refractivity contribution >= 4 is 0 Å². The molecule has 0 saturated carbocycles. The van der Waals surface area contributed by atoms with Gasteiger partial charge in [-0.15, -0.1) is 0 Å². The molecule has 2 heterocycles. The lowest BCUT2D eigenvalue weighted by Gasteiger charge is -2.40. The predicted molar refractivity (Wildman–Crippen MR) is 73.8 cm³/mol. The first kappa shape index (κ1) is 14.3. The Morgan fingerprint density at radius 3 is 2.83 bits per heavy atom. The molecule has 1 N–H and O–H groups in total. The standard InChI is InChI=1S/C15H29NO2/c1-4-16-13(3)9-12(2)14-5-7-18-15(10-14)6-8-17-11-15/h12-14,16H,4-11H2,1-3H3. The first-order chi connectivity index (χ1) is 8.65. The third-order valence-electron chi connectivity index (χ3n) is 4.68. The van der Waals surface area contributed by atoms with Crippen LogP contribution >= 0.6 is 0 Å². The van der Waals surface area contributed by atoms with Crippen LogP contribution in [0.15, 0.2) is 0 Å². The smallest absolute Gasteiger partial charge is 0.0939 e. The van der Waals surface area contributed by atoms with Gasteiger partial charge in [-0.25, -0.2) is 0 Å². The molecule has 2 rings (SSSR count). The number of hydrogen-bond acceptors (Lipinski definition) is 3. The highest BCUT2D eigenvalue weighted by Crippen LogP contribution is 2.39. The minimum absolute atomic E-state index is 0.0681. The quantitative estimate of drug-likeness (QED) is 0.819. The Balaban J connectivity index is 1.84. The van der Waals surface area contributed by atoms with Crippen LogP contribution < -0.4 is 5.32 Å². The molecule has 0 aromatic rings. The Hall–Kier alpha value is -0.120. The van der Waals surface area contributed by atoms with E-state index >= 15 is 0 Å². The fraction of sp³-hybridized carbons (Fsp3) is 1.00. The van der Waals surface area contributed by atoms with Crippen molar-refractivity contribution in [3.8, 4) is 0 Å². The van der Waals surface area contributed by atoms with Crippen LogP contribution in [0, 0.1) is 11.8 Å². The van der Waals surface area contributed by atoms with Gasteiger partial charge in [-0.05, 0) is 44.6 Å². The van der Waals surface area contributed by atoms with E-state index in [1.165, 1.54) is 19.3 Å². The second kappa shape index (κ2) is 6.36. The summed E-state index contributed by atoms with van der Waals surface area (Å²) < 4.78 is 11.6. The van der Waals surface area contributed by atoms with Gasteiger partial charge in [-0.2, -0.15) is 0 Å². The topological polar surface area (TPSA) is 30.5 Å². The van der Waals surface area contributed by atoms with E-state index in [2.05, 4.69) is 26.1 Å². The molecule has 4 unspecified atom stereocenters. The fourth-order valence-corrected chi connectivity index (χ4v) is 3.60. The van der Waals surface area contributed by atoms with Crippen LogP contribution in [0.25, 0.3) is 0 Å². The lowest BCUT2D eigenvalue weighted by Crippen LogP contribution is -2.42. The van der Waals surface area contributed by atoms with Gasteiger partial charge in [0.15, 0.2) is 0 Å². The summed E-state index contributed by atoms with van der Waals surface area (Å²) in [6.45, 7) is 10.6. The highest BCUT2D eigenvalue weighted by Gasteiger charge is 2.42. The van der Waals surface area contributed by atoms with Crippen LogP contribution in [-0.2, 0) is 9.47 Å². The summed E-state index contributed by atoms with van der Waals surface area (Å²) >= 11 is 0. The highest BCUT2D eigenvalue weighted by molar-refractivity contribution is 4.91. The van der Waals surface area contributed by atoms with Gasteiger partial charge in [0.25, 0.3) is 0 Å². The van der Waals surface area contributed by atoms with Gasteiger partial charge in [-0.3, -0.25) is 0 Å². The molecule has 0 aliphatic carbocycles. The molecule has 2 aliphatic heterocycles. The summed E-state index contributed by atoms with van der Waals surface area (Å²) in [4.78, 5) is 0. The lowest BCUT2D eigenvalue weighted by atomic mass is 9.77. The maximum absolute atomic E-state index is 6.02. The molecule has 0 amide bonds. The minimum atomic E-state index is 0.0681. The average molecular weight is 255 g/mol. The van der Waals surface area contributed by atoms with Gasteiger partial charge in [0, 0.05) is 25.7 Å². The summed E-state index contributed by atoms with van der Waals surface area (Å²) in [6.07, 6.45) is 4.79. The third kappa shape index (κ3) is 3.46. The summed E-state index contributed by atoms with van der Waals surface area (Å²) in [5.41, 5.74) is 0.0681. The largest absolute Gasteiger partial charge is 0.378 e. The van der Waals surface area contributed by atoms with E-state index in [0.29, 0.717) is 6.04 Å². The van der Waals surface area contributed by atoms with Crippen molar-refractivity contribution in [2.75, 3.05) is 26.4 Å². The van der Waals surface area contributed by atoms with Gasteiger partial charge < -0.3 is 14.8 Å². The van der Waals surface area contributed by atoms with E-state index < -0.39 is 0 Å². The van der Waals surface area contributed by atoms with Crippen molar-refractivity contribution in [2.45, 2.75) is 58.1 Å². The zero-order valence-electron chi connectivity index (χ0n) is 12.2. The van der Waals surface area contributed by atoms with Crippen LogP contribution in [0.1, 0.15) is 46.5 Å². The summed E-state index contributed by atoms with van der Waals surface area (Å²) in [7, 11) is 0. The van der Waals surface area contributed by atoms with Crippen LogP contribution in [0.4, 0.5) is 0 Å². The first-order valence-electron chi connectivity index (χ1n) is 7.60. The Morgan fingerprint density at radius 1 is 1.33 bits per heavy atom. The molecular formula is C15H29NO2. The van der Waals surface area contributed by atoms with Gasteiger partial charge in [0.1, 0.15) is 0 Å². The van der Waals surface area contributed by atoms with E-state index in [9.17, 15) is 0 Å². The normalized spacial score (nSPS) is 35.8. The maximum atomic E-state index is 6.02. The number of ether oxygens (including phenoxy) is 2. The average Bonchev–Trinajstić information content (AvgIpc) is 2.77. The molecule has 1 spiro atoms. The SMILES string of the molecule is CCNC(C)CC(C)C1CCOC2(CCOC2)C1. The second-order valence-corrected chi connectivity index (χ2v) is 6.26. The lowest BCUT2D eigenvalue weighted by molar-refractivity contribution is -0.106. The molecule has 4 atom stereocenters. The highest BCUT2D eigenvalue weighted by atomic mass is 16.6. The van der Waals surface area contributed by atoms with E-state index in [-0.39, 0.29) is 5.60 Å². The summed E-state index contributed by atoms with van der Waals surface area (Å²) in [6, 6.07) is 0.628. The summed E-state index contributed by atoms with van der Waals surface area (Å²) in [5, 5.41) is 3.52. The first-order valence-corrected chi connectivity index (χ1v) is 7.60. The van der Waals surface area contributed by atoms with Crippen LogP contribution in [0.5, 0.6) is 0 Å². The Morgan fingerprint density at radius 2 is 2.17 bits per heavy atom.